The summed E-state index contributed by atoms with van der Waals surface area (Å²) in [5.74, 6) is 0. The Labute approximate surface area is 286 Å². The van der Waals surface area contributed by atoms with Gasteiger partial charge in [0, 0.05) is 34.1 Å². The van der Waals surface area contributed by atoms with E-state index in [9.17, 15) is 0 Å². The monoisotopic (exact) mass is 624 g/mol. The summed E-state index contributed by atoms with van der Waals surface area (Å²) in [7, 11) is 0. The van der Waals surface area contributed by atoms with Crippen molar-refractivity contribution in [2.45, 2.75) is 66.2 Å². The van der Waals surface area contributed by atoms with Gasteiger partial charge in [0.05, 0.1) is 0 Å². The van der Waals surface area contributed by atoms with Gasteiger partial charge in [0.2, 0.25) is 0 Å². The van der Waals surface area contributed by atoms with Crippen LogP contribution in [0.4, 0.5) is 34.1 Å². The van der Waals surface area contributed by atoms with Crippen molar-refractivity contribution in [3.05, 3.63) is 166 Å². The molecule has 0 atom stereocenters. The van der Waals surface area contributed by atoms with Crippen LogP contribution in [0.25, 0.3) is 11.1 Å². The summed E-state index contributed by atoms with van der Waals surface area (Å²) in [6, 6.07) is 45.9. The van der Waals surface area contributed by atoms with E-state index in [1.54, 1.807) is 0 Å². The molecular formula is C46H44N2. The summed E-state index contributed by atoms with van der Waals surface area (Å²) in [5, 5.41) is 0. The van der Waals surface area contributed by atoms with Gasteiger partial charge in [-0.1, -0.05) is 71.8 Å². The lowest BCUT2D eigenvalue weighted by Gasteiger charge is -2.28. The Kier molecular flexibility index (Phi) is 7.89. The number of aryl methyl sites for hydroxylation is 8. The summed E-state index contributed by atoms with van der Waals surface area (Å²) in [4.78, 5) is 4.86. The maximum atomic E-state index is 2.43. The van der Waals surface area contributed by atoms with Crippen molar-refractivity contribution in [3.63, 3.8) is 0 Å². The maximum Gasteiger partial charge on any atom is 0.0490 e. The normalized spacial score (nSPS) is 13.3. The van der Waals surface area contributed by atoms with Gasteiger partial charge < -0.3 is 9.80 Å². The van der Waals surface area contributed by atoms with Crippen LogP contribution in [0.2, 0.25) is 0 Å². The van der Waals surface area contributed by atoms with Gasteiger partial charge in [0.25, 0.3) is 0 Å². The Morgan fingerprint density at radius 3 is 1.12 bits per heavy atom. The Morgan fingerprint density at radius 2 is 0.729 bits per heavy atom. The fourth-order valence-electron chi connectivity index (χ4n) is 7.97. The van der Waals surface area contributed by atoms with Crippen LogP contribution < -0.4 is 9.80 Å². The molecule has 0 aromatic heterocycles. The number of rotatable bonds is 7. The molecule has 2 aliphatic rings. The topological polar surface area (TPSA) is 6.48 Å². The molecule has 0 amide bonds. The predicted octanol–water partition coefficient (Wildman–Crippen LogP) is 12.5. The minimum Gasteiger partial charge on any atom is -0.310 e. The van der Waals surface area contributed by atoms with E-state index in [1.807, 2.05) is 0 Å². The predicted molar refractivity (Wildman–Crippen MR) is 204 cm³/mol. The first-order chi connectivity index (χ1) is 23.4. The van der Waals surface area contributed by atoms with E-state index >= 15 is 0 Å². The zero-order valence-electron chi connectivity index (χ0n) is 28.7. The second-order valence-electron chi connectivity index (χ2n) is 14.0. The summed E-state index contributed by atoms with van der Waals surface area (Å²) in [6.45, 7) is 8.79. The van der Waals surface area contributed by atoms with Crippen LogP contribution >= 0.6 is 0 Å². The highest BCUT2D eigenvalue weighted by Gasteiger charge is 2.20. The number of anilines is 6. The molecule has 0 radical (unpaired) electrons. The zero-order valence-corrected chi connectivity index (χ0v) is 28.7. The third-order valence-electron chi connectivity index (χ3n) is 10.5. The first kappa shape index (κ1) is 30.3. The molecule has 0 saturated heterocycles. The fraction of sp³-hybridized carbons (Fsp3) is 0.217. The van der Waals surface area contributed by atoms with Crippen LogP contribution in [-0.4, -0.2) is 0 Å². The number of fused-ring (bicyclic) bond motifs is 2. The quantitative estimate of drug-likeness (QED) is 0.174. The van der Waals surface area contributed by atoms with E-state index < -0.39 is 0 Å². The van der Waals surface area contributed by atoms with Crippen molar-refractivity contribution in [2.24, 2.45) is 0 Å². The molecule has 0 bridgehead atoms. The second kappa shape index (κ2) is 12.5. The van der Waals surface area contributed by atoms with Gasteiger partial charge in [0.15, 0.2) is 0 Å². The SMILES string of the molecule is Cc1ccc(N(c2ccc(-c3ccc(N(c4ccc5c(c4)CCC5)c4ccc(C)cc4C)cc3)cc2)c2ccc3c(c2)CCC3)c(C)c1. The Morgan fingerprint density at radius 1 is 0.354 bits per heavy atom. The van der Waals surface area contributed by atoms with Gasteiger partial charge in [-0.15, -0.1) is 0 Å². The van der Waals surface area contributed by atoms with E-state index in [2.05, 4.69) is 159 Å². The molecule has 238 valence electrons. The van der Waals surface area contributed by atoms with Gasteiger partial charge in [-0.3, -0.25) is 0 Å². The Hall–Kier alpha value is -5.08. The van der Waals surface area contributed by atoms with Crippen molar-refractivity contribution >= 4 is 34.1 Å². The van der Waals surface area contributed by atoms with Crippen LogP contribution in [0, 0.1) is 27.7 Å². The molecule has 2 heteroatoms. The second-order valence-corrected chi connectivity index (χ2v) is 14.0. The Bertz CT molecular complexity index is 1970. The standard InChI is InChI=1S/C46H44N2/c1-31-11-25-45(33(3)27-31)47(43-23-17-35-7-5-9-39(35)29-43)41-19-13-37(14-20-41)38-15-21-42(22-16-38)48(46-26-12-32(2)28-34(46)4)44-24-18-36-8-6-10-40(36)30-44/h11-30H,5-10H2,1-4H3. The third kappa shape index (κ3) is 5.70. The summed E-state index contributed by atoms with van der Waals surface area (Å²) in [6.07, 6.45) is 7.25. The lowest BCUT2D eigenvalue weighted by Crippen LogP contribution is -2.12. The number of nitrogens with zero attached hydrogens (tertiary/aromatic N) is 2. The zero-order chi connectivity index (χ0) is 32.8. The summed E-state index contributed by atoms with van der Waals surface area (Å²) >= 11 is 0. The van der Waals surface area contributed by atoms with E-state index in [1.165, 1.54) is 128 Å². The maximum absolute atomic E-state index is 2.43. The van der Waals surface area contributed by atoms with Crippen molar-refractivity contribution in [1.29, 1.82) is 0 Å². The molecule has 0 fully saturated rings. The minimum atomic E-state index is 1.17. The highest BCUT2D eigenvalue weighted by Crippen LogP contribution is 2.42. The van der Waals surface area contributed by atoms with Gasteiger partial charge >= 0.3 is 0 Å². The summed E-state index contributed by atoms with van der Waals surface area (Å²) < 4.78 is 0. The molecule has 0 saturated carbocycles. The minimum absolute atomic E-state index is 1.17. The average molecular weight is 625 g/mol. The average Bonchev–Trinajstić information content (AvgIpc) is 3.77. The molecule has 0 N–H and O–H groups in total. The molecular weight excluding hydrogens is 581 g/mol. The largest absolute Gasteiger partial charge is 0.310 e. The number of hydrogen-bond donors (Lipinski definition) is 0. The molecule has 48 heavy (non-hydrogen) atoms. The fourth-order valence-corrected chi connectivity index (χ4v) is 7.97. The first-order valence-electron chi connectivity index (χ1n) is 17.6. The number of benzene rings is 6. The van der Waals surface area contributed by atoms with Crippen molar-refractivity contribution < 1.29 is 0 Å². The summed E-state index contributed by atoms with van der Waals surface area (Å²) in [5.41, 5.74) is 20.9. The van der Waals surface area contributed by atoms with Crippen LogP contribution in [0.1, 0.15) is 57.3 Å². The molecule has 6 aromatic rings. The highest BCUT2D eigenvalue weighted by molar-refractivity contribution is 5.83. The molecule has 0 spiro atoms. The smallest absolute Gasteiger partial charge is 0.0490 e. The number of hydrogen-bond acceptors (Lipinski definition) is 2. The van der Waals surface area contributed by atoms with Crippen molar-refractivity contribution in [3.8, 4) is 11.1 Å². The van der Waals surface area contributed by atoms with Crippen molar-refractivity contribution in [1.82, 2.24) is 0 Å². The molecule has 0 aliphatic heterocycles. The third-order valence-corrected chi connectivity index (χ3v) is 10.5. The van der Waals surface area contributed by atoms with Crippen LogP contribution in [0.5, 0.6) is 0 Å². The van der Waals surface area contributed by atoms with Crippen LogP contribution in [0.15, 0.2) is 121 Å². The molecule has 2 aliphatic carbocycles. The van der Waals surface area contributed by atoms with Gasteiger partial charge in [0.1, 0.15) is 0 Å². The van der Waals surface area contributed by atoms with E-state index in [-0.39, 0.29) is 0 Å². The molecule has 0 unspecified atom stereocenters. The molecule has 0 heterocycles. The van der Waals surface area contributed by atoms with Crippen molar-refractivity contribution in [2.75, 3.05) is 9.80 Å². The van der Waals surface area contributed by atoms with E-state index in [0.717, 1.165) is 0 Å². The van der Waals surface area contributed by atoms with Gasteiger partial charge in [-0.25, -0.2) is 0 Å². The van der Waals surface area contributed by atoms with E-state index in [4.69, 9.17) is 0 Å². The Balaban J connectivity index is 1.13. The molecule has 8 rings (SSSR count). The highest BCUT2D eigenvalue weighted by atomic mass is 15.1. The lowest BCUT2D eigenvalue weighted by molar-refractivity contribution is 0.911. The molecule has 2 nitrogen and oxygen atoms in total. The van der Waals surface area contributed by atoms with E-state index in [0.29, 0.717) is 0 Å². The van der Waals surface area contributed by atoms with Gasteiger partial charge in [-0.2, -0.15) is 0 Å². The van der Waals surface area contributed by atoms with Crippen LogP contribution in [0.3, 0.4) is 0 Å². The molecule has 6 aromatic carbocycles. The van der Waals surface area contributed by atoms with Crippen LogP contribution in [-0.2, 0) is 25.7 Å². The first-order valence-corrected chi connectivity index (χ1v) is 17.6. The lowest BCUT2D eigenvalue weighted by atomic mass is 10.0. The van der Waals surface area contributed by atoms with Gasteiger partial charge in [-0.05, 0) is 171 Å².